The minimum absolute atomic E-state index is 0.0138. The summed E-state index contributed by atoms with van der Waals surface area (Å²) in [5, 5.41) is 0. The fourth-order valence-corrected chi connectivity index (χ4v) is 5.22. The monoisotopic (exact) mass is 503 g/mol. The Bertz CT molecular complexity index is 1290. The van der Waals surface area contributed by atoms with Gasteiger partial charge in [-0.1, -0.05) is 30.3 Å². The molecule has 0 unspecified atom stereocenters. The maximum atomic E-state index is 12.9. The smallest absolute Gasteiger partial charge is 0.406 e. The minimum Gasteiger partial charge on any atom is -0.406 e. The molecule has 178 valence electrons. The van der Waals surface area contributed by atoms with Crippen molar-refractivity contribution in [2.75, 3.05) is 6.54 Å². The molecule has 1 atom stereocenters. The molecule has 0 aliphatic carbocycles. The zero-order valence-electron chi connectivity index (χ0n) is 17.2. The molecule has 1 heterocycles. The normalized spacial score (nSPS) is 13.6. The number of nitrogens with zero attached hydrogens (tertiary/aromatic N) is 1. The molecular weight excluding hydrogens is 483 g/mol. The van der Waals surface area contributed by atoms with Crippen LogP contribution in [0.15, 0.2) is 82.8 Å². The molecule has 3 aromatic rings. The van der Waals surface area contributed by atoms with Crippen LogP contribution in [-0.2, 0) is 27.1 Å². The molecule has 0 aliphatic rings. The number of halogens is 3. The maximum Gasteiger partial charge on any atom is 0.573 e. The van der Waals surface area contributed by atoms with Crippen molar-refractivity contribution in [2.24, 2.45) is 7.05 Å². The van der Waals surface area contributed by atoms with Crippen LogP contribution in [0.2, 0.25) is 0 Å². The van der Waals surface area contributed by atoms with Crippen LogP contribution in [-0.4, -0.2) is 34.3 Å². The molecular formula is C20H20F3N3O5S2. The molecule has 0 aliphatic heterocycles. The summed E-state index contributed by atoms with van der Waals surface area (Å²) in [6, 6.07) is 12.3. The summed E-state index contributed by atoms with van der Waals surface area (Å²) in [6.45, 7) is -0.310. The van der Waals surface area contributed by atoms with Crippen molar-refractivity contribution in [2.45, 2.75) is 22.2 Å². The first kappa shape index (κ1) is 24.8. The van der Waals surface area contributed by atoms with Crippen molar-refractivity contribution in [1.82, 2.24) is 14.0 Å². The van der Waals surface area contributed by atoms with Crippen LogP contribution in [0.3, 0.4) is 0 Å². The lowest BCUT2D eigenvalue weighted by Crippen LogP contribution is -2.37. The lowest BCUT2D eigenvalue weighted by atomic mass is 10.1. The summed E-state index contributed by atoms with van der Waals surface area (Å²) >= 11 is 0. The van der Waals surface area contributed by atoms with E-state index in [4.69, 9.17) is 0 Å². The summed E-state index contributed by atoms with van der Waals surface area (Å²) in [7, 11) is -6.48. The molecule has 2 N–H and O–H groups in total. The van der Waals surface area contributed by atoms with E-state index in [1.54, 1.807) is 48.1 Å². The van der Waals surface area contributed by atoms with E-state index in [1.807, 2.05) is 0 Å². The van der Waals surface area contributed by atoms with Crippen molar-refractivity contribution < 1.29 is 34.7 Å². The van der Waals surface area contributed by atoms with Gasteiger partial charge in [0.2, 0.25) is 20.0 Å². The Hall–Kier alpha value is -2.87. The molecule has 0 saturated heterocycles. The second-order valence-corrected chi connectivity index (χ2v) is 10.4. The Balaban J connectivity index is 1.81. The summed E-state index contributed by atoms with van der Waals surface area (Å²) in [5.41, 5.74) is 0.480. The number of alkyl halides is 3. The molecule has 8 nitrogen and oxygen atoms in total. The number of hydrogen-bond donors (Lipinski definition) is 2. The quantitative estimate of drug-likeness (QED) is 0.467. The SMILES string of the molecule is Cn1ccc(S(=O)(=O)NC[C@@H](NS(=O)(=O)c2ccc(OC(F)(F)F)cc2)c2ccccc2)c1. The fourth-order valence-electron chi connectivity index (χ4n) is 2.90. The van der Waals surface area contributed by atoms with Gasteiger partial charge in [-0.15, -0.1) is 13.2 Å². The molecule has 13 heteroatoms. The van der Waals surface area contributed by atoms with Gasteiger partial charge >= 0.3 is 6.36 Å². The molecule has 3 rings (SSSR count). The van der Waals surface area contributed by atoms with Gasteiger partial charge in [0.25, 0.3) is 0 Å². The number of rotatable bonds is 9. The minimum atomic E-state index is -4.91. The Morgan fingerprint density at radius 3 is 2.09 bits per heavy atom. The van der Waals surface area contributed by atoms with Crippen molar-refractivity contribution in [3.8, 4) is 5.75 Å². The summed E-state index contributed by atoms with van der Waals surface area (Å²) in [6.07, 6.45) is -1.96. The largest absolute Gasteiger partial charge is 0.573 e. The van der Waals surface area contributed by atoms with E-state index < -0.39 is 38.2 Å². The van der Waals surface area contributed by atoms with Gasteiger partial charge < -0.3 is 9.30 Å². The predicted molar refractivity (Wildman–Crippen MR) is 113 cm³/mol. The first-order valence-corrected chi connectivity index (χ1v) is 12.4. The van der Waals surface area contributed by atoms with Crippen molar-refractivity contribution in [3.63, 3.8) is 0 Å². The second-order valence-electron chi connectivity index (χ2n) is 6.97. The van der Waals surface area contributed by atoms with Crippen LogP contribution < -0.4 is 14.2 Å². The van der Waals surface area contributed by atoms with Crippen molar-refractivity contribution >= 4 is 20.0 Å². The van der Waals surface area contributed by atoms with E-state index in [2.05, 4.69) is 14.2 Å². The Morgan fingerprint density at radius 2 is 1.55 bits per heavy atom. The van der Waals surface area contributed by atoms with Crippen LogP contribution >= 0.6 is 0 Å². The van der Waals surface area contributed by atoms with Gasteiger partial charge in [0.05, 0.1) is 15.8 Å². The number of aromatic nitrogens is 1. The Labute approximate surface area is 189 Å². The molecule has 1 aromatic heterocycles. The van der Waals surface area contributed by atoms with Crippen molar-refractivity contribution in [3.05, 3.63) is 78.6 Å². The van der Waals surface area contributed by atoms with Gasteiger partial charge in [-0.2, -0.15) is 0 Å². The highest BCUT2D eigenvalue weighted by molar-refractivity contribution is 7.90. The third kappa shape index (κ3) is 6.81. The number of benzene rings is 2. The zero-order chi connectivity index (χ0) is 24.3. The topological polar surface area (TPSA) is 107 Å². The first-order chi connectivity index (χ1) is 15.4. The van der Waals surface area contributed by atoms with E-state index in [0.717, 1.165) is 24.3 Å². The fraction of sp³-hybridized carbons (Fsp3) is 0.200. The number of ether oxygens (including phenoxy) is 1. The first-order valence-electron chi connectivity index (χ1n) is 9.40. The molecule has 0 fully saturated rings. The number of nitrogens with one attached hydrogen (secondary N) is 2. The lowest BCUT2D eigenvalue weighted by molar-refractivity contribution is -0.274. The highest BCUT2D eigenvalue weighted by Crippen LogP contribution is 2.25. The highest BCUT2D eigenvalue weighted by atomic mass is 32.2. The number of aryl methyl sites for hydroxylation is 1. The maximum absolute atomic E-state index is 12.9. The third-order valence-corrected chi connectivity index (χ3v) is 7.36. The summed E-state index contributed by atoms with van der Waals surface area (Å²) in [4.78, 5) is -0.302. The lowest BCUT2D eigenvalue weighted by Gasteiger charge is -2.20. The standard InChI is InChI=1S/C20H20F3N3O5S2/c1-26-12-11-18(14-26)32(27,28)24-13-19(15-5-3-2-4-6-15)25-33(29,30)17-9-7-16(8-10-17)31-20(21,22)23/h2-12,14,19,24-25H,13H2,1H3/t19-/m1/s1. The molecule has 0 bridgehead atoms. The van der Waals surface area contributed by atoms with Gasteiger partial charge in [-0.05, 0) is 35.9 Å². The number of hydrogen-bond acceptors (Lipinski definition) is 5. The zero-order valence-corrected chi connectivity index (χ0v) is 18.8. The van der Waals surface area contributed by atoms with E-state index in [-0.39, 0.29) is 16.3 Å². The van der Waals surface area contributed by atoms with Gasteiger partial charge in [0.1, 0.15) is 5.75 Å². The van der Waals surface area contributed by atoms with Crippen LogP contribution in [0.1, 0.15) is 11.6 Å². The molecule has 0 saturated carbocycles. The molecule has 2 aromatic carbocycles. The van der Waals surface area contributed by atoms with Gasteiger partial charge in [-0.25, -0.2) is 26.3 Å². The average Bonchev–Trinajstić information content (AvgIpc) is 3.18. The van der Waals surface area contributed by atoms with E-state index in [9.17, 15) is 30.0 Å². The van der Waals surface area contributed by atoms with Crippen LogP contribution in [0, 0.1) is 0 Å². The third-order valence-electron chi connectivity index (χ3n) is 4.46. The number of sulfonamides is 2. The van der Waals surface area contributed by atoms with Crippen LogP contribution in [0.4, 0.5) is 13.2 Å². The van der Waals surface area contributed by atoms with Crippen molar-refractivity contribution in [1.29, 1.82) is 0 Å². The Kier molecular flexibility index (Phi) is 7.17. The van der Waals surface area contributed by atoms with E-state index in [1.165, 1.54) is 12.3 Å². The van der Waals surface area contributed by atoms with Gasteiger partial charge in [-0.3, -0.25) is 0 Å². The van der Waals surface area contributed by atoms with Crippen LogP contribution in [0.25, 0.3) is 0 Å². The molecule has 0 spiro atoms. The molecule has 0 radical (unpaired) electrons. The second kappa shape index (κ2) is 9.55. The van der Waals surface area contributed by atoms with E-state index >= 15 is 0 Å². The summed E-state index contributed by atoms with van der Waals surface area (Å²) < 4.78 is 97.9. The predicted octanol–water partition coefficient (Wildman–Crippen LogP) is 2.92. The van der Waals surface area contributed by atoms with Crippen LogP contribution in [0.5, 0.6) is 5.75 Å². The molecule has 0 amide bonds. The van der Waals surface area contributed by atoms with Gasteiger partial charge in [0, 0.05) is 26.0 Å². The average molecular weight is 504 g/mol. The molecule has 33 heavy (non-hydrogen) atoms. The van der Waals surface area contributed by atoms with E-state index in [0.29, 0.717) is 5.56 Å². The summed E-state index contributed by atoms with van der Waals surface area (Å²) in [5.74, 6) is -0.573. The highest BCUT2D eigenvalue weighted by Gasteiger charge is 2.31. The van der Waals surface area contributed by atoms with Gasteiger partial charge in [0.15, 0.2) is 0 Å². The Morgan fingerprint density at radius 1 is 0.909 bits per heavy atom.